The summed E-state index contributed by atoms with van der Waals surface area (Å²) in [6.45, 7) is 3.63. The number of aromatic hydroxyl groups is 1. The predicted octanol–water partition coefficient (Wildman–Crippen LogP) is 4.76. The summed E-state index contributed by atoms with van der Waals surface area (Å²) in [4.78, 5) is 15.5. The molecule has 188 valence electrons. The van der Waals surface area contributed by atoms with Crippen molar-refractivity contribution >= 4 is 5.91 Å². The highest BCUT2D eigenvalue weighted by Gasteiger charge is 2.32. The smallest absolute Gasteiger partial charge is 0.224 e. The number of fused-ring (bicyclic) bond motifs is 1. The molecule has 0 aromatic heterocycles. The van der Waals surface area contributed by atoms with Crippen LogP contribution in [0.2, 0.25) is 0 Å². The fourth-order valence-electron chi connectivity index (χ4n) is 5.57. The van der Waals surface area contributed by atoms with Gasteiger partial charge in [-0.2, -0.15) is 0 Å². The second kappa shape index (κ2) is 11.6. The Morgan fingerprint density at radius 3 is 2.58 bits per heavy atom. The molecule has 0 saturated carbocycles. The van der Waals surface area contributed by atoms with E-state index in [0.29, 0.717) is 13.2 Å². The molecule has 1 heterocycles. The molecule has 2 atom stereocenters. The lowest BCUT2D eigenvalue weighted by Crippen LogP contribution is -2.47. The van der Waals surface area contributed by atoms with Gasteiger partial charge in [-0.3, -0.25) is 9.69 Å². The largest absolute Gasteiger partial charge is 0.508 e. The highest BCUT2D eigenvalue weighted by Crippen LogP contribution is 2.28. The average molecular weight is 485 g/mol. The van der Waals surface area contributed by atoms with Gasteiger partial charge in [-0.1, -0.05) is 48.5 Å². The molecule has 0 bridgehead atoms. The summed E-state index contributed by atoms with van der Waals surface area (Å²) in [7, 11) is 0. The number of nitrogens with zero attached hydrogens (tertiary/aromatic N) is 1. The van der Waals surface area contributed by atoms with Gasteiger partial charge in [-0.25, -0.2) is 0 Å². The van der Waals surface area contributed by atoms with Crippen LogP contribution in [0.15, 0.2) is 72.8 Å². The molecule has 2 aliphatic rings. The first-order chi connectivity index (χ1) is 17.6. The summed E-state index contributed by atoms with van der Waals surface area (Å²) in [6, 6.07) is 24.1. The number of piperidine rings is 1. The molecule has 3 aromatic rings. The highest BCUT2D eigenvalue weighted by atomic mass is 16.5. The lowest BCUT2D eigenvalue weighted by atomic mass is 9.88. The number of amides is 1. The number of benzene rings is 3. The number of hydrogen-bond acceptors (Lipinski definition) is 4. The topological polar surface area (TPSA) is 61.8 Å². The van der Waals surface area contributed by atoms with Crippen LogP contribution < -0.4 is 10.1 Å². The van der Waals surface area contributed by atoms with Crippen molar-refractivity contribution in [2.75, 3.05) is 26.2 Å². The summed E-state index contributed by atoms with van der Waals surface area (Å²) in [5.74, 6) is 1.54. The van der Waals surface area contributed by atoms with Gasteiger partial charge in [0.25, 0.3) is 0 Å². The first kappa shape index (κ1) is 24.4. The average Bonchev–Trinajstić information content (AvgIpc) is 3.37. The molecule has 3 aromatic carbocycles. The number of carbonyl (C=O) groups excluding carboxylic acids is 1. The Bertz CT molecular complexity index is 1150. The third-order valence-electron chi connectivity index (χ3n) is 7.44. The van der Waals surface area contributed by atoms with Gasteiger partial charge in [0, 0.05) is 32.1 Å². The Hall–Kier alpha value is -3.31. The third kappa shape index (κ3) is 6.46. The Labute approximate surface area is 214 Å². The summed E-state index contributed by atoms with van der Waals surface area (Å²) in [5, 5.41) is 12.8. The van der Waals surface area contributed by atoms with Gasteiger partial charge in [0.15, 0.2) is 0 Å². The molecule has 5 heteroatoms. The van der Waals surface area contributed by atoms with Gasteiger partial charge in [-0.05, 0) is 78.6 Å². The van der Waals surface area contributed by atoms with Crippen LogP contribution in [0.25, 0.3) is 0 Å². The van der Waals surface area contributed by atoms with Crippen LogP contribution in [0, 0.1) is 11.8 Å². The van der Waals surface area contributed by atoms with Crippen molar-refractivity contribution in [3.05, 3.63) is 95.1 Å². The lowest BCUT2D eigenvalue weighted by molar-refractivity contribution is -0.127. The van der Waals surface area contributed by atoms with E-state index in [9.17, 15) is 9.90 Å². The fourth-order valence-corrected chi connectivity index (χ4v) is 5.57. The van der Waals surface area contributed by atoms with E-state index in [4.69, 9.17) is 4.74 Å². The molecular formula is C31H36N2O3. The van der Waals surface area contributed by atoms with E-state index in [1.54, 1.807) is 12.1 Å². The normalized spacial score (nSPS) is 19.6. The van der Waals surface area contributed by atoms with Crippen molar-refractivity contribution in [3.8, 4) is 11.5 Å². The minimum atomic E-state index is -0.0692. The van der Waals surface area contributed by atoms with E-state index in [1.807, 2.05) is 30.3 Å². The summed E-state index contributed by atoms with van der Waals surface area (Å²) >= 11 is 0. The minimum absolute atomic E-state index is 0.0692. The van der Waals surface area contributed by atoms with E-state index < -0.39 is 0 Å². The summed E-state index contributed by atoms with van der Waals surface area (Å²) < 4.78 is 6.26. The number of hydrogen-bond donors (Lipinski definition) is 2. The number of phenols is 1. The van der Waals surface area contributed by atoms with E-state index in [2.05, 4.69) is 40.5 Å². The predicted molar refractivity (Wildman–Crippen MR) is 142 cm³/mol. The van der Waals surface area contributed by atoms with Crippen molar-refractivity contribution < 1.29 is 14.6 Å². The van der Waals surface area contributed by atoms with Crippen LogP contribution in [0.5, 0.6) is 11.5 Å². The number of phenolic OH excluding ortho intramolecular Hbond substituents is 1. The number of rotatable bonds is 9. The maximum Gasteiger partial charge on any atom is 0.224 e. The molecule has 5 nitrogen and oxygen atoms in total. The number of nitrogens with one attached hydrogen (secondary N) is 1. The van der Waals surface area contributed by atoms with Gasteiger partial charge in [-0.15, -0.1) is 0 Å². The quantitative estimate of drug-likeness (QED) is 0.460. The standard InChI is InChI=1S/C31H36N2O3/c34-29-12-9-24(10-13-29)19-33-20-25(22-36-30-14-11-26-7-4-8-27(26)18-30)17-28(21-33)31(35)32-16-15-23-5-2-1-3-6-23/h1-3,5-6,9-14,18,25,28,34H,4,7-8,15-17,19-22H2,(H,32,35)/t25-,28+/m0/s1. The second-order valence-electron chi connectivity index (χ2n) is 10.3. The third-order valence-corrected chi connectivity index (χ3v) is 7.44. The zero-order chi connectivity index (χ0) is 24.7. The first-order valence-corrected chi connectivity index (χ1v) is 13.2. The van der Waals surface area contributed by atoms with E-state index in [-0.39, 0.29) is 23.5 Å². The molecule has 1 aliphatic heterocycles. The van der Waals surface area contributed by atoms with Gasteiger partial charge in [0.2, 0.25) is 5.91 Å². The van der Waals surface area contributed by atoms with Crippen LogP contribution in [0.4, 0.5) is 0 Å². The zero-order valence-corrected chi connectivity index (χ0v) is 20.9. The van der Waals surface area contributed by atoms with E-state index in [1.165, 1.54) is 29.5 Å². The lowest BCUT2D eigenvalue weighted by Gasteiger charge is -2.37. The zero-order valence-electron chi connectivity index (χ0n) is 20.9. The van der Waals surface area contributed by atoms with Crippen molar-refractivity contribution in [2.45, 2.75) is 38.6 Å². The number of ether oxygens (including phenoxy) is 1. The molecule has 1 fully saturated rings. The van der Waals surface area contributed by atoms with Gasteiger partial charge in [0.05, 0.1) is 12.5 Å². The highest BCUT2D eigenvalue weighted by molar-refractivity contribution is 5.79. The molecular weight excluding hydrogens is 448 g/mol. The molecule has 1 aliphatic carbocycles. The van der Waals surface area contributed by atoms with E-state index in [0.717, 1.165) is 50.2 Å². The SMILES string of the molecule is O=C(NCCc1ccccc1)[C@@H]1C[C@H](COc2ccc3c(c2)CCC3)CN(Cc2ccc(O)cc2)C1. The number of carbonyl (C=O) groups is 1. The van der Waals surface area contributed by atoms with Crippen molar-refractivity contribution in [3.63, 3.8) is 0 Å². The number of aryl methyl sites for hydroxylation is 2. The Balaban J connectivity index is 1.21. The first-order valence-electron chi connectivity index (χ1n) is 13.2. The van der Waals surface area contributed by atoms with Gasteiger partial charge in [0.1, 0.15) is 11.5 Å². The van der Waals surface area contributed by atoms with Crippen molar-refractivity contribution in [1.82, 2.24) is 10.2 Å². The Kier molecular flexibility index (Phi) is 7.87. The Morgan fingerprint density at radius 2 is 1.75 bits per heavy atom. The molecule has 0 unspecified atom stereocenters. The fraction of sp³-hybridized carbons (Fsp3) is 0.387. The molecule has 5 rings (SSSR count). The van der Waals surface area contributed by atoms with Crippen LogP contribution in [0.3, 0.4) is 0 Å². The van der Waals surface area contributed by atoms with Crippen molar-refractivity contribution in [2.24, 2.45) is 11.8 Å². The molecule has 0 radical (unpaired) electrons. The molecule has 0 spiro atoms. The van der Waals surface area contributed by atoms with Crippen LogP contribution in [-0.4, -0.2) is 42.2 Å². The monoisotopic (exact) mass is 484 g/mol. The van der Waals surface area contributed by atoms with Gasteiger partial charge >= 0.3 is 0 Å². The molecule has 1 amide bonds. The molecule has 2 N–H and O–H groups in total. The maximum atomic E-state index is 13.2. The summed E-state index contributed by atoms with van der Waals surface area (Å²) in [5.41, 5.74) is 5.24. The van der Waals surface area contributed by atoms with Crippen LogP contribution >= 0.6 is 0 Å². The van der Waals surface area contributed by atoms with Crippen LogP contribution in [-0.2, 0) is 30.6 Å². The molecule has 36 heavy (non-hydrogen) atoms. The summed E-state index contributed by atoms with van der Waals surface area (Å²) in [6.07, 6.45) is 5.21. The van der Waals surface area contributed by atoms with Gasteiger partial charge < -0.3 is 15.2 Å². The maximum absolute atomic E-state index is 13.2. The van der Waals surface area contributed by atoms with E-state index >= 15 is 0 Å². The molecule has 1 saturated heterocycles. The number of likely N-dealkylation sites (tertiary alicyclic amines) is 1. The van der Waals surface area contributed by atoms with Crippen molar-refractivity contribution in [1.29, 1.82) is 0 Å². The second-order valence-corrected chi connectivity index (χ2v) is 10.3. The minimum Gasteiger partial charge on any atom is -0.508 e. The Morgan fingerprint density at radius 1 is 0.944 bits per heavy atom. The van der Waals surface area contributed by atoms with Crippen LogP contribution in [0.1, 0.15) is 35.1 Å².